The zero-order chi connectivity index (χ0) is 24.2. The van der Waals surface area contributed by atoms with Crippen LogP contribution in [-0.2, 0) is 6.42 Å². The van der Waals surface area contributed by atoms with Crippen molar-refractivity contribution < 1.29 is 4.39 Å². The monoisotopic (exact) mass is 463 g/mol. The second-order valence-corrected chi connectivity index (χ2v) is 8.94. The molecule has 0 spiro atoms. The molecule has 2 aromatic rings. The number of anilines is 2. The molecule has 2 N–H and O–H groups in total. The molecule has 1 atom stereocenters. The largest absolute Gasteiger partial charge is 0.343 e. The molecular formula is C26H34FN7. The first-order valence-corrected chi connectivity index (χ1v) is 11.8. The van der Waals surface area contributed by atoms with Crippen LogP contribution in [0.1, 0.15) is 25.5 Å². The summed E-state index contributed by atoms with van der Waals surface area (Å²) >= 11 is 0. The lowest BCUT2D eigenvalue weighted by atomic mass is 10.1. The lowest BCUT2D eigenvalue weighted by Gasteiger charge is -2.35. The van der Waals surface area contributed by atoms with Crippen LogP contribution in [0, 0.1) is 5.82 Å². The molecule has 7 nitrogen and oxygen atoms in total. The van der Waals surface area contributed by atoms with Gasteiger partial charge in [-0.15, -0.1) is 0 Å². The third kappa shape index (κ3) is 5.13. The molecule has 0 aliphatic carbocycles. The Morgan fingerprint density at radius 2 is 2.24 bits per heavy atom. The van der Waals surface area contributed by atoms with Gasteiger partial charge in [0.2, 0.25) is 0 Å². The van der Waals surface area contributed by atoms with Crippen LogP contribution in [0.2, 0.25) is 0 Å². The van der Waals surface area contributed by atoms with E-state index in [2.05, 4.69) is 65.2 Å². The fourth-order valence-corrected chi connectivity index (χ4v) is 4.60. The van der Waals surface area contributed by atoms with Crippen molar-refractivity contribution in [1.29, 1.82) is 0 Å². The van der Waals surface area contributed by atoms with Crippen molar-refractivity contribution in [2.24, 2.45) is 0 Å². The van der Waals surface area contributed by atoms with Gasteiger partial charge in [-0.25, -0.2) is 14.1 Å². The molecule has 2 aromatic heterocycles. The zero-order valence-corrected chi connectivity index (χ0v) is 20.1. The average molecular weight is 464 g/mol. The number of allylic oxidation sites excluding steroid dienone is 1. The third-order valence-electron chi connectivity index (χ3n) is 6.28. The van der Waals surface area contributed by atoms with E-state index in [4.69, 9.17) is 5.10 Å². The Hall–Kier alpha value is -3.23. The molecule has 34 heavy (non-hydrogen) atoms. The van der Waals surface area contributed by atoms with E-state index in [9.17, 15) is 4.39 Å². The number of fused-ring (bicyclic) bond motifs is 1. The van der Waals surface area contributed by atoms with Crippen molar-refractivity contribution in [2.45, 2.75) is 32.2 Å². The molecule has 1 saturated heterocycles. The van der Waals surface area contributed by atoms with Crippen molar-refractivity contribution in [3.05, 3.63) is 78.7 Å². The number of likely N-dealkylation sites (N-methyl/N-ethyl adjacent to an activating group) is 1. The highest BCUT2D eigenvalue weighted by Gasteiger charge is 2.29. The smallest absolute Gasteiger partial charge is 0.141 e. The molecule has 0 radical (unpaired) electrons. The minimum atomic E-state index is -0.375. The Bertz CT molecular complexity index is 1090. The van der Waals surface area contributed by atoms with Crippen LogP contribution in [0.4, 0.5) is 16.0 Å². The molecule has 2 aliphatic heterocycles. The maximum Gasteiger partial charge on any atom is 0.141 e. The summed E-state index contributed by atoms with van der Waals surface area (Å²) in [5.74, 6) is 1.10. The minimum absolute atomic E-state index is 0.375. The van der Waals surface area contributed by atoms with E-state index >= 15 is 0 Å². The molecule has 0 bridgehead atoms. The van der Waals surface area contributed by atoms with Gasteiger partial charge in [-0.1, -0.05) is 26.7 Å². The van der Waals surface area contributed by atoms with Gasteiger partial charge in [0.15, 0.2) is 0 Å². The number of hydrogen-bond donors (Lipinski definition) is 2. The van der Waals surface area contributed by atoms with Crippen molar-refractivity contribution >= 4 is 17.3 Å². The molecule has 4 heterocycles. The highest BCUT2D eigenvalue weighted by molar-refractivity contribution is 5.77. The molecule has 1 unspecified atom stereocenters. The number of nitrogens with one attached hydrogen (secondary N) is 2. The van der Waals surface area contributed by atoms with Crippen LogP contribution in [0.3, 0.4) is 0 Å². The van der Waals surface area contributed by atoms with Crippen LogP contribution in [-0.4, -0.2) is 58.9 Å². The van der Waals surface area contributed by atoms with E-state index < -0.39 is 0 Å². The first-order valence-electron chi connectivity index (χ1n) is 11.8. The summed E-state index contributed by atoms with van der Waals surface area (Å²) in [7, 11) is 2.14. The van der Waals surface area contributed by atoms with Gasteiger partial charge in [-0.2, -0.15) is 5.10 Å². The molecule has 0 saturated carbocycles. The number of nitrogens with zero attached hydrogens (tertiary/aromatic N) is 5. The number of aromatic nitrogens is 3. The molecule has 4 rings (SSSR count). The summed E-state index contributed by atoms with van der Waals surface area (Å²) in [5, 5.41) is 11.6. The highest BCUT2D eigenvalue weighted by atomic mass is 19.1. The van der Waals surface area contributed by atoms with Crippen molar-refractivity contribution in [1.82, 2.24) is 25.0 Å². The fourth-order valence-electron chi connectivity index (χ4n) is 4.60. The third-order valence-corrected chi connectivity index (χ3v) is 6.28. The van der Waals surface area contributed by atoms with Gasteiger partial charge >= 0.3 is 0 Å². The quantitative estimate of drug-likeness (QED) is 0.555. The normalized spacial score (nSPS) is 17.9. The molecule has 1 fully saturated rings. The number of rotatable bonds is 10. The topological polar surface area (TPSA) is 61.3 Å². The van der Waals surface area contributed by atoms with Crippen molar-refractivity contribution in [3.63, 3.8) is 0 Å². The van der Waals surface area contributed by atoms with Gasteiger partial charge in [0.25, 0.3) is 0 Å². The van der Waals surface area contributed by atoms with E-state index in [1.54, 1.807) is 6.07 Å². The predicted molar refractivity (Wildman–Crippen MR) is 137 cm³/mol. The number of hydrogen-bond acceptors (Lipinski definition) is 6. The van der Waals surface area contributed by atoms with E-state index in [0.717, 1.165) is 60.2 Å². The zero-order valence-electron chi connectivity index (χ0n) is 20.1. The Morgan fingerprint density at radius 1 is 1.41 bits per heavy atom. The van der Waals surface area contributed by atoms with Crippen molar-refractivity contribution in [3.8, 4) is 0 Å². The Morgan fingerprint density at radius 3 is 2.88 bits per heavy atom. The van der Waals surface area contributed by atoms with E-state index in [1.807, 2.05) is 10.8 Å². The molecular weight excluding hydrogens is 429 g/mol. The van der Waals surface area contributed by atoms with Gasteiger partial charge in [0, 0.05) is 42.2 Å². The van der Waals surface area contributed by atoms with Gasteiger partial charge in [0.05, 0.1) is 24.1 Å². The van der Waals surface area contributed by atoms with Gasteiger partial charge in [0.1, 0.15) is 17.5 Å². The van der Waals surface area contributed by atoms with E-state index in [-0.39, 0.29) is 5.82 Å². The summed E-state index contributed by atoms with van der Waals surface area (Å²) in [6.45, 7) is 18.1. The molecule has 0 amide bonds. The molecule has 2 aliphatic rings. The second kappa shape index (κ2) is 10.4. The fraction of sp³-hybridized carbons (Fsp3) is 0.385. The van der Waals surface area contributed by atoms with Gasteiger partial charge in [-0.05, 0) is 51.1 Å². The first kappa shape index (κ1) is 23.9. The molecule has 180 valence electrons. The van der Waals surface area contributed by atoms with Crippen LogP contribution >= 0.6 is 0 Å². The minimum Gasteiger partial charge on any atom is -0.343 e. The summed E-state index contributed by atoms with van der Waals surface area (Å²) < 4.78 is 15.2. The number of aryl methyl sites for hydroxylation is 1. The Balaban J connectivity index is 1.61. The summed E-state index contributed by atoms with van der Waals surface area (Å²) in [5.41, 5.74) is 4.65. The number of pyridine rings is 1. The standard InChI is InChI=1S/C26H34FN7/c1-6-21-13-26-33(15-18(3)30-25-11-10-20(27)14-29-25)24(7-2)23(19(4)34(26)31-21)17-32(5)16-22-9-8-12-28-22/h7,10-11,13-14,22,28H,2-4,6,8-9,12,15-17H2,1,5H3,(H,29,30). The van der Waals surface area contributed by atoms with Gasteiger partial charge < -0.3 is 20.4 Å². The van der Waals surface area contributed by atoms with Crippen LogP contribution in [0.5, 0.6) is 0 Å². The molecule has 0 aromatic carbocycles. The number of halogens is 1. The lowest BCUT2D eigenvalue weighted by Crippen LogP contribution is -2.39. The summed E-state index contributed by atoms with van der Waals surface area (Å²) in [6, 6.07) is 5.57. The lowest BCUT2D eigenvalue weighted by molar-refractivity contribution is 0.323. The van der Waals surface area contributed by atoms with Crippen molar-refractivity contribution in [2.75, 3.05) is 43.4 Å². The SMILES string of the molecule is C=CC1=C(CN(C)CC2CCCN2)C(=C)n2nc(CC)cc2N1CC(=C)Nc1ccc(F)cn1. The van der Waals surface area contributed by atoms with E-state index in [0.29, 0.717) is 18.4 Å². The second-order valence-electron chi connectivity index (χ2n) is 8.94. The van der Waals surface area contributed by atoms with E-state index in [1.165, 1.54) is 25.1 Å². The highest BCUT2D eigenvalue weighted by Crippen LogP contribution is 2.36. The predicted octanol–water partition coefficient (Wildman–Crippen LogP) is 4.02. The van der Waals surface area contributed by atoms with Crippen LogP contribution < -0.4 is 15.5 Å². The summed E-state index contributed by atoms with van der Waals surface area (Å²) in [4.78, 5) is 8.57. The van der Waals surface area contributed by atoms with Crippen LogP contribution in [0.15, 0.2) is 67.2 Å². The van der Waals surface area contributed by atoms with Gasteiger partial charge in [-0.3, -0.25) is 0 Å². The Labute approximate surface area is 201 Å². The molecule has 8 heteroatoms. The maximum absolute atomic E-state index is 13.2. The maximum atomic E-state index is 13.2. The van der Waals surface area contributed by atoms with Crippen LogP contribution in [0.25, 0.3) is 5.70 Å². The average Bonchev–Trinajstić information content (AvgIpc) is 3.48. The summed E-state index contributed by atoms with van der Waals surface area (Å²) in [6.07, 6.45) is 6.33. The Kier molecular flexibility index (Phi) is 7.29. The first-order chi connectivity index (χ1) is 16.4.